The van der Waals surface area contributed by atoms with Crippen molar-refractivity contribution in [1.82, 2.24) is 15.0 Å². The van der Waals surface area contributed by atoms with Crippen LogP contribution in [0.3, 0.4) is 0 Å². The average molecular weight is 437 g/mol. The van der Waals surface area contributed by atoms with Gasteiger partial charge in [0.05, 0.1) is 16.3 Å². The fourth-order valence-corrected chi connectivity index (χ4v) is 4.93. The number of thiazole rings is 1. The lowest BCUT2D eigenvalue weighted by atomic mass is 10.1. The molecule has 152 valence electrons. The van der Waals surface area contributed by atoms with Crippen molar-refractivity contribution in [2.75, 3.05) is 11.9 Å². The first-order valence-electron chi connectivity index (χ1n) is 10.1. The van der Waals surface area contributed by atoms with Gasteiger partial charge in [-0.3, -0.25) is 0 Å². The van der Waals surface area contributed by atoms with Crippen molar-refractivity contribution in [2.24, 2.45) is 5.92 Å². The SMILES string of the molecule is Clc1cccc2sc(Nc3ccc(-c4cnc(OCC5CCCC5)nc4)cc3)nc12. The number of anilines is 2. The molecule has 0 unspecified atom stereocenters. The zero-order chi connectivity index (χ0) is 20.3. The van der Waals surface area contributed by atoms with Crippen LogP contribution in [0.4, 0.5) is 10.8 Å². The van der Waals surface area contributed by atoms with Crippen molar-refractivity contribution >= 4 is 44.0 Å². The Balaban J connectivity index is 1.24. The van der Waals surface area contributed by atoms with E-state index >= 15 is 0 Å². The standard InChI is InChI=1S/C23H21ClN4OS/c24-19-6-3-7-20-21(19)28-23(30-20)27-18-10-8-16(9-11-18)17-12-25-22(26-13-17)29-14-15-4-1-2-5-15/h3,6-13,15H,1-2,4-5,14H2,(H,27,28). The fraction of sp³-hybridized carbons (Fsp3) is 0.261. The van der Waals surface area contributed by atoms with Crippen LogP contribution in [0, 0.1) is 5.92 Å². The van der Waals surface area contributed by atoms with Crippen LogP contribution in [0.15, 0.2) is 54.9 Å². The summed E-state index contributed by atoms with van der Waals surface area (Å²) in [5, 5.41) is 4.84. The number of ether oxygens (including phenoxy) is 1. The topological polar surface area (TPSA) is 59.9 Å². The maximum atomic E-state index is 6.22. The first-order valence-corrected chi connectivity index (χ1v) is 11.3. The second-order valence-electron chi connectivity index (χ2n) is 7.52. The molecule has 2 aromatic carbocycles. The Kier molecular flexibility index (Phi) is 5.51. The van der Waals surface area contributed by atoms with Crippen molar-refractivity contribution in [3.8, 4) is 17.1 Å². The van der Waals surface area contributed by atoms with Crippen LogP contribution in [0.1, 0.15) is 25.7 Å². The Hall–Kier alpha value is -2.70. The molecular formula is C23H21ClN4OS. The van der Waals surface area contributed by atoms with Gasteiger partial charge >= 0.3 is 6.01 Å². The molecular weight excluding hydrogens is 416 g/mol. The van der Waals surface area contributed by atoms with E-state index in [1.165, 1.54) is 25.7 Å². The number of hydrogen-bond acceptors (Lipinski definition) is 6. The molecule has 0 bridgehead atoms. The van der Waals surface area contributed by atoms with Crippen molar-refractivity contribution in [3.63, 3.8) is 0 Å². The molecule has 1 fully saturated rings. The molecule has 0 aliphatic heterocycles. The van der Waals surface area contributed by atoms with Gasteiger partial charge in [-0.15, -0.1) is 0 Å². The van der Waals surface area contributed by atoms with Crippen LogP contribution in [-0.2, 0) is 0 Å². The second-order valence-corrected chi connectivity index (χ2v) is 8.96. The molecule has 0 amide bonds. The smallest absolute Gasteiger partial charge is 0.316 e. The second kappa shape index (κ2) is 8.58. The van der Waals surface area contributed by atoms with Gasteiger partial charge in [0, 0.05) is 23.6 Å². The van der Waals surface area contributed by atoms with Crippen molar-refractivity contribution in [1.29, 1.82) is 0 Å². The van der Waals surface area contributed by atoms with Crippen molar-refractivity contribution < 1.29 is 4.74 Å². The van der Waals surface area contributed by atoms with Gasteiger partial charge in [0.2, 0.25) is 0 Å². The van der Waals surface area contributed by atoms with Crippen LogP contribution < -0.4 is 10.1 Å². The van der Waals surface area contributed by atoms with E-state index in [0.29, 0.717) is 17.0 Å². The van der Waals surface area contributed by atoms with Crippen LogP contribution >= 0.6 is 22.9 Å². The summed E-state index contributed by atoms with van der Waals surface area (Å²) in [6.07, 6.45) is 8.76. The number of hydrogen-bond donors (Lipinski definition) is 1. The minimum Gasteiger partial charge on any atom is -0.463 e. The third kappa shape index (κ3) is 4.25. The third-order valence-electron chi connectivity index (χ3n) is 5.39. The summed E-state index contributed by atoms with van der Waals surface area (Å²) in [6.45, 7) is 0.719. The zero-order valence-electron chi connectivity index (χ0n) is 16.3. The number of aromatic nitrogens is 3. The number of fused-ring (bicyclic) bond motifs is 1. The van der Waals surface area contributed by atoms with Crippen LogP contribution in [0.25, 0.3) is 21.3 Å². The van der Waals surface area contributed by atoms with Gasteiger partial charge in [-0.1, -0.05) is 54.0 Å². The molecule has 0 saturated heterocycles. The molecule has 2 heterocycles. The van der Waals surface area contributed by atoms with Gasteiger partial charge in [0.25, 0.3) is 0 Å². The summed E-state index contributed by atoms with van der Waals surface area (Å²) in [5.41, 5.74) is 3.80. The summed E-state index contributed by atoms with van der Waals surface area (Å²) in [5.74, 6) is 0.653. The summed E-state index contributed by atoms with van der Waals surface area (Å²) in [6, 6.07) is 14.4. The molecule has 0 atom stereocenters. The lowest BCUT2D eigenvalue weighted by molar-refractivity contribution is 0.234. The van der Waals surface area contributed by atoms with Gasteiger partial charge in [-0.05, 0) is 48.6 Å². The molecule has 0 radical (unpaired) electrons. The van der Waals surface area contributed by atoms with Crippen molar-refractivity contribution in [3.05, 3.63) is 59.9 Å². The minimum absolute atomic E-state index is 0.457. The number of nitrogens with zero attached hydrogens (tertiary/aromatic N) is 3. The molecule has 0 spiro atoms. The number of nitrogens with one attached hydrogen (secondary N) is 1. The Labute approximate surface area is 184 Å². The Morgan fingerprint density at radius 2 is 1.77 bits per heavy atom. The summed E-state index contributed by atoms with van der Waals surface area (Å²) < 4.78 is 6.82. The molecule has 1 aliphatic rings. The van der Waals surface area contributed by atoms with Gasteiger partial charge in [0.15, 0.2) is 5.13 Å². The van der Waals surface area contributed by atoms with Crippen LogP contribution in [0.5, 0.6) is 6.01 Å². The highest BCUT2D eigenvalue weighted by Gasteiger charge is 2.16. The largest absolute Gasteiger partial charge is 0.463 e. The average Bonchev–Trinajstić information content (AvgIpc) is 3.44. The fourth-order valence-electron chi connectivity index (χ4n) is 3.75. The highest BCUT2D eigenvalue weighted by molar-refractivity contribution is 7.22. The Morgan fingerprint density at radius 1 is 1.00 bits per heavy atom. The van der Waals surface area contributed by atoms with E-state index in [1.807, 2.05) is 54.9 Å². The maximum Gasteiger partial charge on any atom is 0.316 e. The van der Waals surface area contributed by atoms with E-state index < -0.39 is 0 Å². The number of rotatable bonds is 6. The first-order chi connectivity index (χ1) is 14.7. The Morgan fingerprint density at radius 3 is 2.50 bits per heavy atom. The monoisotopic (exact) mass is 436 g/mol. The van der Waals surface area contributed by atoms with Gasteiger partial charge in [-0.2, -0.15) is 0 Å². The zero-order valence-corrected chi connectivity index (χ0v) is 17.9. The highest BCUT2D eigenvalue weighted by atomic mass is 35.5. The molecule has 2 aromatic heterocycles. The normalized spacial score (nSPS) is 14.3. The maximum absolute atomic E-state index is 6.22. The quantitative estimate of drug-likeness (QED) is 0.363. The van der Waals surface area contributed by atoms with Gasteiger partial charge in [-0.25, -0.2) is 15.0 Å². The molecule has 7 heteroatoms. The molecule has 30 heavy (non-hydrogen) atoms. The predicted molar refractivity (Wildman–Crippen MR) is 123 cm³/mol. The molecule has 5 nitrogen and oxygen atoms in total. The lowest BCUT2D eigenvalue weighted by Crippen LogP contribution is -2.09. The third-order valence-corrected chi connectivity index (χ3v) is 6.63. The molecule has 5 rings (SSSR count). The van der Waals surface area contributed by atoms with Crippen molar-refractivity contribution in [2.45, 2.75) is 25.7 Å². The minimum atomic E-state index is 0.457. The lowest BCUT2D eigenvalue weighted by Gasteiger charge is -2.10. The predicted octanol–water partition coefficient (Wildman–Crippen LogP) is 6.72. The molecule has 4 aromatic rings. The van der Waals surface area contributed by atoms with E-state index in [1.54, 1.807) is 11.3 Å². The molecule has 1 saturated carbocycles. The van der Waals surface area contributed by atoms with Crippen LogP contribution in [-0.4, -0.2) is 21.6 Å². The summed E-state index contributed by atoms with van der Waals surface area (Å²) in [4.78, 5) is 13.3. The summed E-state index contributed by atoms with van der Waals surface area (Å²) in [7, 11) is 0. The molecule has 1 N–H and O–H groups in total. The van der Waals surface area contributed by atoms with E-state index in [9.17, 15) is 0 Å². The van der Waals surface area contributed by atoms with Gasteiger partial charge < -0.3 is 10.1 Å². The van der Waals surface area contributed by atoms with E-state index in [0.717, 1.165) is 38.8 Å². The van der Waals surface area contributed by atoms with E-state index in [-0.39, 0.29) is 0 Å². The number of benzene rings is 2. The van der Waals surface area contributed by atoms with E-state index in [4.69, 9.17) is 16.3 Å². The number of para-hydroxylation sites is 1. The summed E-state index contributed by atoms with van der Waals surface area (Å²) >= 11 is 7.80. The highest BCUT2D eigenvalue weighted by Crippen LogP contribution is 2.32. The Bertz CT molecular complexity index is 1140. The van der Waals surface area contributed by atoms with Gasteiger partial charge in [0.1, 0.15) is 5.52 Å². The first kappa shape index (κ1) is 19.3. The van der Waals surface area contributed by atoms with E-state index in [2.05, 4.69) is 20.3 Å². The molecule has 1 aliphatic carbocycles. The number of halogens is 1. The van der Waals surface area contributed by atoms with Crippen LogP contribution in [0.2, 0.25) is 5.02 Å².